The summed E-state index contributed by atoms with van der Waals surface area (Å²) in [6.07, 6.45) is -1.27. The lowest BCUT2D eigenvalue weighted by molar-refractivity contribution is -0.150. The van der Waals surface area contributed by atoms with Crippen molar-refractivity contribution in [1.29, 1.82) is 0 Å². The van der Waals surface area contributed by atoms with E-state index in [9.17, 15) is 27.9 Å². The summed E-state index contributed by atoms with van der Waals surface area (Å²) in [7, 11) is 0. The molecule has 35 heavy (non-hydrogen) atoms. The molecule has 1 N–H and O–H groups in total. The first kappa shape index (κ1) is 28.7. The molecule has 1 spiro atoms. The van der Waals surface area contributed by atoms with E-state index >= 15 is 0 Å². The number of aromatic hydroxyl groups is 1. The summed E-state index contributed by atoms with van der Waals surface area (Å²) in [6.45, 7) is 13.4. The van der Waals surface area contributed by atoms with Crippen LogP contribution < -0.4 is 4.90 Å². The van der Waals surface area contributed by atoms with Crippen LogP contribution in [0.1, 0.15) is 65.9 Å². The van der Waals surface area contributed by atoms with E-state index in [1.54, 1.807) is 6.92 Å². The second kappa shape index (κ2) is 11.9. The van der Waals surface area contributed by atoms with Crippen LogP contribution in [0.4, 0.5) is 18.9 Å². The van der Waals surface area contributed by atoms with Gasteiger partial charge in [0.05, 0.1) is 5.56 Å². The average molecular weight is 499 g/mol. The predicted octanol–water partition coefficient (Wildman–Crippen LogP) is 5.34. The number of Topliss-reactive ketones (excluding diaryl/α,β-unsaturated/α-hetero) is 1. The Kier molecular flexibility index (Phi) is 9.77. The minimum Gasteiger partial charge on any atom is -0.508 e. The second-order valence-corrected chi connectivity index (χ2v) is 9.10. The van der Waals surface area contributed by atoms with Gasteiger partial charge in [0.25, 0.3) is 0 Å². The molecule has 2 heterocycles. The molecule has 3 rings (SSSR count). The molecule has 0 aromatic heterocycles. The maximum atomic E-state index is 12.7. The van der Waals surface area contributed by atoms with Crippen LogP contribution in [0, 0.1) is 0 Å². The summed E-state index contributed by atoms with van der Waals surface area (Å²) in [5, 5.41) is 9.42. The summed E-state index contributed by atoms with van der Waals surface area (Å²) in [5.41, 5.74) is 0.0972. The van der Waals surface area contributed by atoms with Crippen molar-refractivity contribution in [1.82, 2.24) is 4.90 Å². The molecule has 0 aliphatic carbocycles. The highest BCUT2D eigenvalue weighted by atomic mass is 19.4. The van der Waals surface area contributed by atoms with Gasteiger partial charge in [0.2, 0.25) is 0 Å². The average Bonchev–Trinajstić information content (AvgIpc) is 3.03. The van der Waals surface area contributed by atoms with E-state index in [4.69, 9.17) is 4.74 Å². The highest BCUT2D eigenvalue weighted by molar-refractivity contribution is 6.07. The number of carbonyl (C=O) groups excluding carboxylic acids is 2. The molecule has 1 fully saturated rings. The number of anilines is 1. The number of ether oxygens (including phenoxy) is 1. The van der Waals surface area contributed by atoms with Gasteiger partial charge < -0.3 is 19.6 Å². The highest BCUT2D eigenvalue weighted by Gasteiger charge is 2.49. The van der Waals surface area contributed by atoms with E-state index in [0.717, 1.165) is 57.5 Å². The Bertz CT molecular complexity index is 929. The van der Waals surface area contributed by atoms with Crippen molar-refractivity contribution >= 4 is 17.4 Å². The lowest BCUT2D eigenvalue weighted by atomic mass is 9.81. The molecule has 196 valence electrons. The van der Waals surface area contributed by atoms with Crippen LogP contribution in [0.5, 0.6) is 5.75 Å². The maximum Gasteiger partial charge on any atom is 0.416 e. The topological polar surface area (TPSA) is 70.1 Å². The Morgan fingerprint density at radius 3 is 2.14 bits per heavy atom. The Hall–Kier alpha value is -2.55. The SMILES string of the molecule is CCCN(CCC)c1cc(O)cc(C(F)(F)F)c1.CCN1CCC2(CC1)OC(=O)C(C)=C2C(C)=O. The second-order valence-electron chi connectivity index (χ2n) is 9.10. The first-order valence-electron chi connectivity index (χ1n) is 12.2. The maximum absolute atomic E-state index is 12.7. The summed E-state index contributed by atoms with van der Waals surface area (Å²) in [6, 6.07) is 3.21. The van der Waals surface area contributed by atoms with Gasteiger partial charge in [-0.1, -0.05) is 20.8 Å². The largest absolute Gasteiger partial charge is 0.508 e. The Labute approximate surface area is 205 Å². The van der Waals surface area contributed by atoms with Crippen LogP contribution in [0.15, 0.2) is 29.3 Å². The zero-order chi connectivity index (χ0) is 26.4. The van der Waals surface area contributed by atoms with Gasteiger partial charge in [-0.15, -0.1) is 0 Å². The monoisotopic (exact) mass is 498 g/mol. The number of ketones is 1. The first-order valence-corrected chi connectivity index (χ1v) is 12.2. The fraction of sp³-hybridized carbons (Fsp3) is 0.615. The molecular weight excluding hydrogens is 461 g/mol. The zero-order valence-corrected chi connectivity index (χ0v) is 21.3. The van der Waals surface area contributed by atoms with Gasteiger partial charge >= 0.3 is 12.1 Å². The first-order chi connectivity index (χ1) is 16.4. The standard InChI is InChI=1S/C13H18F3NO.C13H19NO3/c1-3-5-17(6-4-2)11-7-10(13(14,15)16)8-12(18)9-11;1-4-14-7-5-13(6-8-14)11(10(3)15)9(2)12(16)17-13/h7-9,18H,3-6H2,1-2H3;4-8H2,1-3H3. The summed E-state index contributed by atoms with van der Waals surface area (Å²) >= 11 is 0. The number of carbonyl (C=O) groups is 2. The Balaban J connectivity index is 0.000000247. The van der Waals surface area contributed by atoms with E-state index in [-0.39, 0.29) is 17.5 Å². The number of esters is 1. The van der Waals surface area contributed by atoms with Gasteiger partial charge in [-0.25, -0.2) is 4.79 Å². The number of halogens is 3. The molecule has 1 aromatic rings. The van der Waals surface area contributed by atoms with Gasteiger partial charge in [-0.3, -0.25) is 4.79 Å². The number of hydrogen-bond acceptors (Lipinski definition) is 6. The van der Waals surface area contributed by atoms with Crippen LogP contribution >= 0.6 is 0 Å². The lowest BCUT2D eigenvalue weighted by Gasteiger charge is -2.38. The minimum absolute atomic E-state index is 0.0294. The molecule has 9 heteroatoms. The summed E-state index contributed by atoms with van der Waals surface area (Å²) in [5.74, 6) is -0.699. The number of phenolic OH excluding ortho intramolecular Hbond substituents is 1. The molecule has 6 nitrogen and oxygen atoms in total. The van der Waals surface area contributed by atoms with Crippen molar-refractivity contribution in [3.8, 4) is 5.75 Å². The number of benzene rings is 1. The molecule has 0 radical (unpaired) electrons. The molecule has 0 amide bonds. The molecule has 0 unspecified atom stereocenters. The molecule has 2 aliphatic heterocycles. The number of rotatable bonds is 7. The van der Waals surface area contributed by atoms with Crippen LogP contribution in [-0.4, -0.2) is 60.1 Å². The highest BCUT2D eigenvalue weighted by Crippen LogP contribution is 2.41. The quantitative estimate of drug-likeness (QED) is 0.512. The van der Waals surface area contributed by atoms with Crippen molar-refractivity contribution in [2.45, 2.75) is 72.1 Å². The molecule has 1 aromatic carbocycles. The van der Waals surface area contributed by atoms with Crippen LogP contribution in [0.3, 0.4) is 0 Å². The van der Waals surface area contributed by atoms with Gasteiger partial charge in [0.15, 0.2) is 5.78 Å². The van der Waals surface area contributed by atoms with Crippen LogP contribution in [0.2, 0.25) is 0 Å². The Morgan fingerprint density at radius 1 is 1.11 bits per heavy atom. The predicted molar refractivity (Wildman–Crippen MR) is 129 cm³/mol. The number of likely N-dealkylation sites (tertiary alicyclic amines) is 1. The number of hydrogen-bond donors (Lipinski definition) is 1. The van der Waals surface area contributed by atoms with Crippen molar-refractivity contribution in [2.75, 3.05) is 37.6 Å². The molecule has 0 bridgehead atoms. The van der Waals surface area contributed by atoms with E-state index < -0.39 is 17.3 Å². The fourth-order valence-electron chi connectivity index (χ4n) is 4.77. The number of phenols is 1. The van der Waals surface area contributed by atoms with Crippen molar-refractivity contribution < 1.29 is 32.6 Å². The third-order valence-electron chi connectivity index (χ3n) is 6.47. The Morgan fingerprint density at radius 2 is 1.69 bits per heavy atom. The van der Waals surface area contributed by atoms with E-state index in [1.165, 1.54) is 13.0 Å². The molecule has 0 atom stereocenters. The van der Waals surface area contributed by atoms with Gasteiger partial charge in [0.1, 0.15) is 11.4 Å². The molecule has 1 saturated heterocycles. The number of nitrogens with zero attached hydrogens (tertiary/aromatic N) is 2. The van der Waals surface area contributed by atoms with Gasteiger partial charge in [-0.05, 0) is 45.4 Å². The lowest BCUT2D eigenvalue weighted by Crippen LogP contribution is -2.46. The third-order valence-corrected chi connectivity index (χ3v) is 6.47. The van der Waals surface area contributed by atoms with Gasteiger partial charge in [-0.2, -0.15) is 13.2 Å². The van der Waals surface area contributed by atoms with E-state index in [2.05, 4.69) is 11.8 Å². The van der Waals surface area contributed by atoms with Crippen molar-refractivity contribution in [3.63, 3.8) is 0 Å². The van der Waals surface area contributed by atoms with E-state index in [0.29, 0.717) is 29.9 Å². The summed E-state index contributed by atoms with van der Waals surface area (Å²) < 4.78 is 43.5. The van der Waals surface area contributed by atoms with Gasteiger partial charge in [0, 0.05) is 61.9 Å². The van der Waals surface area contributed by atoms with Crippen molar-refractivity contribution in [2.24, 2.45) is 0 Å². The van der Waals surface area contributed by atoms with Crippen LogP contribution in [0.25, 0.3) is 0 Å². The smallest absolute Gasteiger partial charge is 0.416 e. The molecule has 0 saturated carbocycles. The normalized spacial score (nSPS) is 17.8. The van der Waals surface area contributed by atoms with Crippen molar-refractivity contribution in [3.05, 3.63) is 34.9 Å². The fourth-order valence-corrected chi connectivity index (χ4v) is 4.77. The minimum atomic E-state index is -4.43. The van der Waals surface area contributed by atoms with Crippen LogP contribution in [-0.2, 0) is 20.5 Å². The number of alkyl halides is 3. The zero-order valence-electron chi connectivity index (χ0n) is 21.3. The summed E-state index contributed by atoms with van der Waals surface area (Å²) in [4.78, 5) is 27.6. The molecule has 2 aliphatic rings. The molecular formula is C26H37F3N2O4. The third kappa shape index (κ3) is 6.99. The van der Waals surface area contributed by atoms with E-state index in [1.807, 2.05) is 18.7 Å². The number of piperidine rings is 1.